The zero-order chi connectivity index (χ0) is 13.4. The Morgan fingerprint density at radius 3 is 3.05 bits per heavy atom. The summed E-state index contributed by atoms with van der Waals surface area (Å²) in [5, 5.41) is 3.35. The van der Waals surface area contributed by atoms with Gasteiger partial charge in [0.2, 0.25) is 5.91 Å². The molecule has 0 radical (unpaired) electrons. The van der Waals surface area contributed by atoms with Crippen LogP contribution in [0.25, 0.3) is 0 Å². The lowest BCUT2D eigenvalue weighted by Crippen LogP contribution is -2.28. The first kappa shape index (κ1) is 12.6. The minimum absolute atomic E-state index is 0.0624. The molecule has 0 N–H and O–H groups in total. The van der Waals surface area contributed by atoms with Crippen molar-refractivity contribution in [2.75, 3.05) is 11.9 Å². The molecule has 3 nitrogen and oxygen atoms in total. The second-order valence-electron chi connectivity index (χ2n) is 4.72. The van der Waals surface area contributed by atoms with Crippen molar-refractivity contribution in [3.8, 4) is 0 Å². The molecule has 5 heteroatoms. The summed E-state index contributed by atoms with van der Waals surface area (Å²) in [5.41, 5.74) is 1.15. The third kappa shape index (κ3) is 2.51. The van der Waals surface area contributed by atoms with Crippen LogP contribution in [0.4, 0.5) is 5.13 Å². The fraction of sp³-hybridized carbons (Fsp3) is 0.286. The summed E-state index contributed by atoms with van der Waals surface area (Å²) < 4.78 is 0. The van der Waals surface area contributed by atoms with Crippen LogP contribution in [0, 0.1) is 5.92 Å². The molecular weight excluding hydrogens is 280 g/mol. The number of rotatable bonds is 3. The maximum atomic E-state index is 12.3. The van der Waals surface area contributed by atoms with Crippen LogP contribution in [0.1, 0.15) is 17.9 Å². The van der Waals surface area contributed by atoms with E-state index in [1.54, 1.807) is 18.1 Å². The average Bonchev–Trinajstić information content (AvgIpc) is 3.02. The van der Waals surface area contributed by atoms with Crippen molar-refractivity contribution in [3.63, 3.8) is 0 Å². The first-order chi connectivity index (χ1) is 9.16. The van der Waals surface area contributed by atoms with Gasteiger partial charge in [-0.05, 0) is 30.0 Å². The summed E-state index contributed by atoms with van der Waals surface area (Å²) in [4.78, 5) is 18.1. The van der Waals surface area contributed by atoms with E-state index in [-0.39, 0.29) is 11.8 Å². The highest BCUT2D eigenvalue weighted by atomic mass is 35.5. The van der Waals surface area contributed by atoms with Gasteiger partial charge in [-0.25, -0.2) is 4.98 Å². The lowest BCUT2D eigenvalue weighted by molar-refractivity contribution is -0.119. The van der Waals surface area contributed by atoms with E-state index >= 15 is 0 Å². The summed E-state index contributed by atoms with van der Waals surface area (Å²) in [6.45, 7) is 0. The quantitative estimate of drug-likeness (QED) is 0.866. The van der Waals surface area contributed by atoms with E-state index in [1.807, 2.05) is 29.6 Å². The molecule has 1 aliphatic rings. The van der Waals surface area contributed by atoms with Gasteiger partial charge in [0.05, 0.1) is 0 Å². The van der Waals surface area contributed by atoms with Gasteiger partial charge in [-0.2, -0.15) is 0 Å². The Hall–Kier alpha value is -1.39. The molecule has 1 heterocycles. The topological polar surface area (TPSA) is 33.2 Å². The molecule has 0 saturated heterocycles. The van der Waals surface area contributed by atoms with Gasteiger partial charge >= 0.3 is 0 Å². The van der Waals surface area contributed by atoms with Crippen molar-refractivity contribution in [3.05, 3.63) is 46.4 Å². The lowest BCUT2D eigenvalue weighted by Gasteiger charge is -2.13. The SMILES string of the molecule is CN(C(=O)[C@@H]1C[C@@H]1c1cccc(Cl)c1)c1nccs1. The second-order valence-corrected chi connectivity index (χ2v) is 6.03. The van der Waals surface area contributed by atoms with E-state index in [0.29, 0.717) is 5.92 Å². The van der Waals surface area contributed by atoms with Gasteiger partial charge in [0, 0.05) is 29.6 Å². The molecule has 0 aliphatic heterocycles. The van der Waals surface area contributed by atoms with E-state index in [4.69, 9.17) is 11.6 Å². The van der Waals surface area contributed by atoms with Gasteiger partial charge in [-0.1, -0.05) is 23.7 Å². The van der Waals surface area contributed by atoms with Crippen LogP contribution in [0.3, 0.4) is 0 Å². The van der Waals surface area contributed by atoms with Gasteiger partial charge in [-0.3, -0.25) is 9.69 Å². The molecule has 0 spiro atoms. The molecule has 1 saturated carbocycles. The molecular formula is C14H13ClN2OS. The monoisotopic (exact) mass is 292 g/mol. The Morgan fingerprint density at radius 2 is 2.37 bits per heavy atom. The second kappa shape index (κ2) is 4.94. The number of nitrogens with zero attached hydrogens (tertiary/aromatic N) is 2. The first-order valence-electron chi connectivity index (χ1n) is 6.09. The van der Waals surface area contributed by atoms with Crippen LogP contribution in [0.15, 0.2) is 35.8 Å². The molecule has 2 atom stereocenters. The van der Waals surface area contributed by atoms with E-state index in [2.05, 4.69) is 4.98 Å². The summed E-state index contributed by atoms with van der Waals surface area (Å²) >= 11 is 7.46. The Morgan fingerprint density at radius 1 is 1.53 bits per heavy atom. The largest absolute Gasteiger partial charge is 0.291 e. The predicted octanol–water partition coefficient (Wildman–Crippen LogP) is 3.56. The maximum absolute atomic E-state index is 12.3. The molecule has 1 amide bonds. The van der Waals surface area contributed by atoms with Crippen LogP contribution < -0.4 is 4.90 Å². The molecule has 0 unspecified atom stereocenters. The summed E-state index contributed by atoms with van der Waals surface area (Å²) in [7, 11) is 1.79. The molecule has 1 aliphatic carbocycles. The smallest absolute Gasteiger partial charge is 0.232 e. The number of anilines is 1. The number of halogens is 1. The van der Waals surface area contributed by atoms with E-state index in [0.717, 1.165) is 22.1 Å². The molecule has 19 heavy (non-hydrogen) atoms. The van der Waals surface area contributed by atoms with Gasteiger partial charge < -0.3 is 0 Å². The van der Waals surface area contributed by atoms with Crippen LogP contribution in [-0.2, 0) is 4.79 Å². The van der Waals surface area contributed by atoms with Crippen molar-refractivity contribution in [1.82, 2.24) is 4.98 Å². The zero-order valence-electron chi connectivity index (χ0n) is 10.4. The summed E-state index contributed by atoms with van der Waals surface area (Å²) in [5.74, 6) is 0.501. The fourth-order valence-corrected chi connectivity index (χ4v) is 3.11. The number of hydrogen-bond acceptors (Lipinski definition) is 3. The number of hydrogen-bond donors (Lipinski definition) is 0. The normalized spacial score (nSPS) is 21.2. The predicted molar refractivity (Wildman–Crippen MR) is 77.8 cm³/mol. The van der Waals surface area contributed by atoms with Gasteiger partial charge in [-0.15, -0.1) is 11.3 Å². The number of aromatic nitrogens is 1. The Labute approximate surface area is 120 Å². The Bertz CT molecular complexity index is 599. The maximum Gasteiger partial charge on any atom is 0.232 e. The first-order valence-corrected chi connectivity index (χ1v) is 7.35. The van der Waals surface area contributed by atoms with Crippen LogP contribution in [0.2, 0.25) is 5.02 Å². The lowest BCUT2D eigenvalue weighted by atomic mass is 10.1. The average molecular weight is 293 g/mol. The molecule has 98 valence electrons. The fourth-order valence-electron chi connectivity index (χ4n) is 2.30. The highest BCUT2D eigenvalue weighted by molar-refractivity contribution is 7.13. The Balaban J connectivity index is 1.71. The molecule has 3 rings (SSSR count). The van der Waals surface area contributed by atoms with Crippen molar-refractivity contribution in [1.29, 1.82) is 0 Å². The molecule has 1 aromatic heterocycles. The van der Waals surface area contributed by atoms with Gasteiger partial charge in [0.25, 0.3) is 0 Å². The number of amides is 1. The third-order valence-electron chi connectivity index (χ3n) is 3.42. The highest BCUT2D eigenvalue weighted by Gasteiger charge is 2.45. The number of thiazole rings is 1. The van der Waals surface area contributed by atoms with Gasteiger partial charge in [0.1, 0.15) is 0 Å². The summed E-state index contributed by atoms with van der Waals surface area (Å²) in [6, 6.07) is 7.77. The summed E-state index contributed by atoms with van der Waals surface area (Å²) in [6.07, 6.45) is 2.61. The number of carbonyl (C=O) groups is 1. The van der Waals surface area contributed by atoms with Crippen molar-refractivity contribution in [2.45, 2.75) is 12.3 Å². The van der Waals surface area contributed by atoms with Crippen molar-refractivity contribution in [2.24, 2.45) is 5.92 Å². The van der Waals surface area contributed by atoms with Crippen molar-refractivity contribution >= 4 is 34.0 Å². The number of benzene rings is 1. The van der Waals surface area contributed by atoms with E-state index in [9.17, 15) is 4.79 Å². The minimum atomic E-state index is 0.0624. The number of carbonyl (C=O) groups excluding carboxylic acids is 1. The minimum Gasteiger partial charge on any atom is -0.291 e. The van der Waals surface area contributed by atoms with Crippen molar-refractivity contribution < 1.29 is 4.79 Å². The van der Waals surface area contributed by atoms with E-state index in [1.165, 1.54) is 11.3 Å². The Kier molecular flexibility index (Phi) is 3.29. The van der Waals surface area contributed by atoms with Gasteiger partial charge in [0.15, 0.2) is 5.13 Å². The molecule has 2 aromatic rings. The van der Waals surface area contributed by atoms with Crippen LogP contribution >= 0.6 is 22.9 Å². The third-order valence-corrected chi connectivity index (χ3v) is 4.50. The molecule has 1 fully saturated rings. The zero-order valence-corrected chi connectivity index (χ0v) is 12.0. The molecule has 1 aromatic carbocycles. The van der Waals surface area contributed by atoms with E-state index < -0.39 is 0 Å². The van der Waals surface area contributed by atoms with Crippen LogP contribution in [0.5, 0.6) is 0 Å². The molecule has 0 bridgehead atoms. The standard InChI is InChI=1S/C14H13ClN2OS/c1-17(14-16-5-6-19-14)13(18)12-8-11(12)9-3-2-4-10(15)7-9/h2-7,11-12H,8H2,1H3/t11-,12-/m1/s1. The van der Waals surface area contributed by atoms with Crippen LogP contribution in [-0.4, -0.2) is 17.9 Å². The highest BCUT2D eigenvalue weighted by Crippen LogP contribution is 2.49.